The molecule has 0 fully saturated rings. The van der Waals surface area contributed by atoms with Gasteiger partial charge in [0, 0.05) is 17.1 Å². The summed E-state index contributed by atoms with van der Waals surface area (Å²) < 4.78 is 0. The smallest absolute Gasteiger partial charge is 0.0794 e. The van der Waals surface area contributed by atoms with Gasteiger partial charge in [0.2, 0.25) is 0 Å². The molecule has 0 radical (unpaired) electrons. The van der Waals surface area contributed by atoms with Crippen LogP contribution in [0.3, 0.4) is 0 Å². The second-order valence-corrected chi connectivity index (χ2v) is 5.95. The van der Waals surface area contributed by atoms with Crippen molar-refractivity contribution in [2.75, 3.05) is 6.54 Å². The molecule has 1 aromatic rings. The SMILES string of the molecule is CCNC(CCc1cncs1)C(C)(C)C. The summed E-state index contributed by atoms with van der Waals surface area (Å²) in [6.45, 7) is 10.1. The van der Waals surface area contributed by atoms with Gasteiger partial charge in [-0.2, -0.15) is 0 Å². The quantitative estimate of drug-likeness (QED) is 0.834. The van der Waals surface area contributed by atoms with Crippen molar-refractivity contribution in [2.45, 2.75) is 46.6 Å². The molecule has 1 heterocycles. The number of thiazole rings is 1. The van der Waals surface area contributed by atoms with Crippen LogP contribution < -0.4 is 5.32 Å². The van der Waals surface area contributed by atoms with E-state index in [1.54, 1.807) is 11.3 Å². The lowest BCUT2D eigenvalue weighted by molar-refractivity contribution is 0.259. The second kappa shape index (κ2) is 5.61. The van der Waals surface area contributed by atoms with E-state index in [1.807, 2.05) is 11.7 Å². The molecule has 1 atom stereocenters. The number of nitrogens with one attached hydrogen (secondary N) is 1. The topological polar surface area (TPSA) is 24.9 Å². The van der Waals surface area contributed by atoms with Crippen LogP contribution in [0.2, 0.25) is 0 Å². The Hall–Kier alpha value is -0.410. The zero-order chi connectivity index (χ0) is 11.3. The van der Waals surface area contributed by atoms with E-state index in [9.17, 15) is 0 Å². The summed E-state index contributed by atoms with van der Waals surface area (Å²) in [5.74, 6) is 0. The molecule has 1 unspecified atom stereocenters. The first kappa shape index (κ1) is 12.7. The van der Waals surface area contributed by atoms with Gasteiger partial charge in [0.25, 0.3) is 0 Å². The second-order valence-electron chi connectivity index (χ2n) is 4.98. The molecule has 1 rings (SSSR count). The lowest BCUT2D eigenvalue weighted by Gasteiger charge is -2.31. The number of hydrogen-bond donors (Lipinski definition) is 1. The van der Waals surface area contributed by atoms with E-state index in [-0.39, 0.29) is 0 Å². The largest absolute Gasteiger partial charge is 0.314 e. The number of hydrogen-bond acceptors (Lipinski definition) is 3. The maximum atomic E-state index is 4.11. The molecular formula is C12H22N2S. The van der Waals surface area contributed by atoms with Gasteiger partial charge in [-0.15, -0.1) is 11.3 Å². The Labute approximate surface area is 97.1 Å². The van der Waals surface area contributed by atoms with Crippen LogP contribution in [-0.4, -0.2) is 17.6 Å². The first-order chi connectivity index (χ1) is 7.04. The molecule has 2 nitrogen and oxygen atoms in total. The Balaban J connectivity index is 2.45. The molecule has 0 aliphatic rings. The molecule has 0 aromatic carbocycles. The van der Waals surface area contributed by atoms with E-state index in [4.69, 9.17) is 0 Å². The Kier molecular flexibility index (Phi) is 4.74. The summed E-state index contributed by atoms with van der Waals surface area (Å²) >= 11 is 1.75. The zero-order valence-electron chi connectivity index (χ0n) is 10.2. The van der Waals surface area contributed by atoms with Gasteiger partial charge < -0.3 is 5.32 Å². The van der Waals surface area contributed by atoms with Crippen molar-refractivity contribution in [2.24, 2.45) is 5.41 Å². The molecule has 0 bridgehead atoms. The molecule has 0 spiro atoms. The highest BCUT2D eigenvalue weighted by Crippen LogP contribution is 2.23. The third kappa shape index (κ3) is 4.31. The summed E-state index contributed by atoms with van der Waals surface area (Å²) in [6.07, 6.45) is 4.31. The van der Waals surface area contributed by atoms with Gasteiger partial charge >= 0.3 is 0 Å². The van der Waals surface area contributed by atoms with Crippen LogP contribution >= 0.6 is 11.3 Å². The molecule has 0 saturated carbocycles. The maximum absolute atomic E-state index is 4.11. The fraction of sp³-hybridized carbons (Fsp3) is 0.750. The Morgan fingerprint density at radius 2 is 2.20 bits per heavy atom. The summed E-state index contributed by atoms with van der Waals surface area (Å²) in [5.41, 5.74) is 2.25. The standard InChI is InChI=1S/C12H22N2S/c1-5-14-11(12(2,3)4)7-6-10-8-13-9-15-10/h8-9,11,14H,5-7H2,1-4H3. The predicted molar refractivity (Wildman–Crippen MR) is 67.4 cm³/mol. The minimum absolute atomic E-state index is 0.334. The van der Waals surface area contributed by atoms with E-state index in [1.165, 1.54) is 11.3 Å². The summed E-state index contributed by atoms with van der Waals surface area (Å²) in [6, 6.07) is 0.588. The van der Waals surface area contributed by atoms with Crippen molar-refractivity contribution in [3.63, 3.8) is 0 Å². The Morgan fingerprint density at radius 3 is 2.67 bits per heavy atom. The van der Waals surface area contributed by atoms with Crippen LogP contribution in [0.4, 0.5) is 0 Å². The summed E-state index contributed by atoms with van der Waals surface area (Å²) in [4.78, 5) is 5.50. The summed E-state index contributed by atoms with van der Waals surface area (Å²) in [5, 5.41) is 3.57. The molecule has 0 saturated heterocycles. The van der Waals surface area contributed by atoms with E-state index < -0.39 is 0 Å². The lowest BCUT2D eigenvalue weighted by atomic mass is 9.84. The van der Waals surface area contributed by atoms with Crippen molar-refractivity contribution in [1.82, 2.24) is 10.3 Å². The van der Waals surface area contributed by atoms with Crippen LogP contribution in [0.5, 0.6) is 0 Å². The average molecular weight is 226 g/mol. The van der Waals surface area contributed by atoms with E-state index in [0.29, 0.717) is 11.5 Å². The monoisotopic (exact) mass is 226 g/mol. The van der Waals surface area contributed by atoms with Crippen LogP contribution in [-0.2, 0) is 6.42 Å². The fourth-order valence-electron chi connectivity index (χ4n) is 1.74. The fourth-order valence-corrected chi connectivity index (χ4v) is 2.35. The van der Waals surface area contributed by atoms with E-state index >= 15 is 0 Å². The zero-order valence-corrected chi connectivity index (χ0v) is 11.0. The number of rotatable bonds is 5. The van der Waals surface area contributed by atoms with Gasteiger partial charge in [-0.1, -0.05) is 27.7 Å². The number of aromatic nitrogens is 1. The van der Waals surface area contributed by atoms with Crippen molar-refractivity contribution in [3.8, 4) is 0 Å². The first-order valence-electron chi connectivity index (χ1n) is 5.64. The highest BCUT2D eigenvalue weighted by atomic mass is 32.1. The minimum atomic E-state index is 0.334. The highest BCUT2D eigenvalue weighted by molar-refractivity contribution is 7.09. The van der Waals surface area contributed by atoms with Crippen LogP contribution in [0, 0.1) is 5.41 Å². The van der Waals surface area contributed by atoms with Crippen molar-refractivity contribution in [3.05, 3.63) is 16.6 Å². The maximum Gasteiger partial charge on any atom is 0.0794 e. The van der Waals surface area contributed by atoms with Gasteiger partial charge in [0.1, 0.15) is 0 Å². The molecule has 0 amide bonds. The number of nitrogens with zero attached hydrogens (tertiary/aromatic N) is 1. The molecule has 1 N–H and O–H groups in total. The minimum Gasteiger partial charge on any atom is -0.314 e. The molecule has 86 valence electrons. The Morgan fingerprint density at radius 1 is 1.47 bits per heavy atom. The summed E-state index contributed by atoms with van der Waals surface area (Å²) in [7, 11) is 0. The van der Waals surface area contributed by atoms with E-state index in [0.717, 1.165) is 13.0 Å². The Bertz CT molecular complexity index is 262. The van der Waals surface area contributed by atoms with Crippen LogP contribution in [0.15, 0.2) is 11.7 Å². The van der Waals surface area contributed by atoms with Gasteiger partial charge in [0.05, 0.1) is 5.51 Å². The molecule has 15 heavy (non-hydrogen) atoms. The third-order valence-corrected chi connectivity index (χ3v) is 3.50. The van der Waals surface area contributed by atoms with Gasteiger partial charge in [-0.05, 0) is 24.8 Å². The molecule has 1 aromatic heterocycles. The van der Waals surface area contributed by atoms with Crippen LogP contribution in [0.1, 0.15) is 39.0 Å². The van der Waals surface area contributed by atoms with Crippen molar-refractivity contribution in [1.29, 1.82) is 0 Å². The molecule has 0 aliphatic carbocycles. The van der Waals surface area contributed by atoms with Crippen LogP contribution in [0.25, 0.3) is 0 Å². The number of aryl methyl sites for hydroxylation is 1. The third-order valence-electron chi connectivity index (χ3n) is 2.66. The highest BCUT2D eigenvalue weighted by Gasteiger charge is 2.23. The van der Waals surface area contributed by atoms with Crippen molar-refractivity contribution < 1.29 is 0 Å². The van der Waals surface area contributed by atoms with Crippen molar-refractivity contribution >= 4 is 11.3 Å². The normalized spacial score (nSPS) is 14.1. The van der Waals surface area contributed by atoms with Gasteiger partial charge in [-0.25, -0.2) is 0 Å². The van der Waals surface area contributed by atoms with E-state index in [2.05, 4.69) is 38.0 Å². The predicted octanol–water partition coefficient (Wildman–Crippen LogP) is 3.10. The lowest BCUT2D eigenvalue weighted by Crippen LogP contribution is -2.40. The van der Waals surface area contributed by atoms with Gasteiger partial charge in [0.15, 0.2) is 0 Å². The molecular weight excluding hydrogens is 204 g/mol. The van der Waals surface area contributed by atoms with Gasteiger partial charge in [-0.3, -0.25) is 4.98 Å². The average Bonchev–Trinajstić information content (AvgIpc) is 2.62. The first-order valence-corrected chi connectivity index (χ1v) is 6.52. The molecule has 0 aliphatic heterocycles. The molecule has 3 heteroatoms.